The van der Waals surface area contributed by atoms with E-state index in [4.69, 9.17) is 38.4 Å². The first kappa shape index (κ1) is 61.8. The number of aromatic nitrogens is 1. The van der Waals surface area contributed by atoms with Crippen molar-refractivity contribution in [2.24, 2.45) is 23.7 Å². The van der Waals surface area contributed by atoms with Gasteiger partial charge in [0.15, 0.2) is 12.6 Å². The number of nitrogens with zero attached hydrogens (tertiary/aromatic N) is 3. The van der Waals surface area contributed by atoms with Crippen LogP contribution in [0.1, 0.15) is 119 Å². The zero-order chi connectivity index (χ0) is 55.9. The van der Waals surface area contributed by atoms with E-state index in [1.165, 1.54) is 21.1 Å². The van der Waals surface area contributed by atoms with Gasteiger partial charge in [-0.3, -0.25) is 9.59 Å². The minimum absolute atomic E-state index is 0.0642. The van der Waals surface area contributed by atoms with Crippen LogP contribution in [0.2, 0.25) is 0 Å². The van der Waals surface area contributed by atoms with E-state index in [0.29, 0.717) is 12.0 Å². The predicted octanol–water partition coefficient (Wildman–Crippen LogP) is 4.77. The Morgan fingerprint density at radius 3 is 2.17 bits per heavy atom. The van der Waals surface area contributed by atoms with E-state index in [-0.39, 0.29) is 43.6 Å². The van der Waals surface area contributed by atoms with Gasteiger partial charge in [0.2, 0.25) is 5.91 Å². The Labute approximate surface area is 441 Å². The number of alkyl halides is 1. The summed E-state index contributed by atoms with van der Waals surface area (Å²) >= 11 is 0. The fourth-order valence-electron chi connectivity index (χ4n) is 11.2. The van der Waals surface area contributed by atoms with E-state index >= 15 is 0 Å². The van der Waals surface area contributed by atoms with Gasteiger partial charge < -0.3 is 74.3 Å². The molecule has 20 atom stereocenters. The standard InChI is InChI=1S/C55H84FN5O14/c1-14-41-55(10,68)48(65)31(4)44(58)29(2)24-54(9,70-13)50(32(5)47(33(6)51(67)73-41)74-43-25-53(8,69-12)49(66)34(7)72-43)75-52-46(64)40(23-30(3)71-52)61(11)22-21-42(62)60-39(26-56)45(63)36-17-15-35(16-18-36)37-19-20-38(27-57)59-28-37/h15-20,28-34,39-41,43,45-50,52,58,63-66,68H,14,21-26H2,1-13H3,(H,60,62)/t29-,30-,31+,32+,33-,34+,39-,40+,41-,43+,45-,46-,47+,48-,49+,50-,52+,53-,54-,55-/m1/s1. The number of carbonyl (C=O) groups excluding carboxylic acids is 2. The molecule has 20 heteroatoms. The monoisotopic (exact) mass is 1060 g/mol. The van der Waals surface area contributed by atoms with E-state index in [1.807, 2.05) is 19.9 Å². The quantitative estimate of drug-likeness (QED) is 0.112. The molecule has 0 spiro atoms. The molecule has 0 bridgehead atoms. The van der Waals surface area contributed by atoms with Gasteiger partial charge in [0.1, 0.15) is 48.5 Å². The van der Waals surface area contributed by atoms with Gasteiger partial charge in [0, 0.05) is 69.0 Å². The first-order valence-electron chi connectivity index (χ1n) is 26.2. The topological polar surface area (TPSA) is 276 Å². The van der Waals surface area contributed by atoms with E-state index in [0.717, 1.165) is 11.1 Å². The lowest BCUT2D eigenvalue weighted by Gasteiger charge is -2.50. The number of halogens is 1. The average Bonchev–Trinajstić information content (AvgIpc) is 3.40. The van der Waals surface area contributed by atoms with Gasteiger partial charge >= 0.3 is 5.97 Å². The second-order valence-electron chi connectivity index (χ2n) is 21.9. The van der Waals surface area contributed by atoms with Crippen molar-refractivity contribution in [2.45, 2.75) is 198 Å². The first-order valence-corrected chi connectivity index (χ1v) is 26.2. The van der Waals surface area contributed by atoms with Crippen molar-refractivity contribution in [3.63, 3.8) is 0 Å². The molecule has 3 aliphatic rings. The third-order valence-corrected chi connectivity index (χ3v) is 16.3. The Bertz CT molecular complexity index is 2240. The number of nitriles is 1. The van der Waals surface area contributed by atoms with Crippen LogP contribution in [0, 0.1) is 40.4 Å². The van der Waals surface area contributed by atoms with Crippen molar-refractivity contribution in [2.75, 3.05) is 34.5 Å². The van der Waals surface area contributed by atoms with Crippen LogP contribution in [0.4, 0.5) is 4.39 Å². The lowest BCUT2D eigenvalue weighted by molar-refractivity contribution is -0.319. The second kappa shape index (κ2) is 26.0. The predicted molar refractivity (Wildman–Crippen MR) is 275 cm³/mol. The SMILES string of the molecule is CC[C@H]1OC(=O)[C@H](C)[C@@H](O[C@H]2C[C@@](C)(OC)[C@@H](O)[C@H](C)O2)[C@H](C)[C@@H](O[C@@H]2O[C@H](C)C[C@H](N(C)CCC(=O)N[C@H](CF)[C@H](O)c3ccc(-c4ccc(C#N)nc4)cc3)[C@H]2O)[C@](C)(OC)C[C@@H](C)C(=N)[C@H](C)[C@@H](O)[C@]1(C)O. The second-order valence-corrected chi connectivity index (χ2v) is 21.9. The molecular weight excluding hydrogens is 974 g/mol. The highest BCUT2D eigenvalue weighted by molar-refractivity contribution is 5.86. The number of hydrogen-bond donors (Lipinski definition) is 7. The number of esters is 1. The lowest BCUT2D eigenvalue weighted by atomic mass is 9.73. The van der Waals surface area contributed by atoms with Crippen LogP contribution in [0.5, 0.6) is 0 Å². The summed E-state index contributed by atoms with van der Waals surface area (Å²) in [6, 6.07) is 10.2. The summed E-state index contributed by atoms with van der Waals surface area (Å²) in [6.45, 7) is 16.1. The van der Waals surface area contributed by atoms with Crippen LogP contribution in [0.3, 0.4) is 0 Å². The molecule has 4 heterocycles. The number of carbonyl (C=O) groups is 2. The number of aliphatic hydroxyl groups excluding tert-OH is 4. The van der Waals surface area contributed by atoms with Crippen LogP contribution in [-0.4, -0.2) is 178 Å². The van der Waals surface area contributed by atoms with Gasteiger partial charge in [-0.25, -0.2) is 9.37 Å². The summed E-state index contributed by atoms with van der Waals surface area (Å²) in [5.41, 5.74) is -2.11. The summed E-state index contributed by atoms with van der Waals surface area (Å²) in [5.74, 6) is -4.68. The van der Waals surface area contributed by atoms with Gasteiger partial charge in [-0.05, 0) is 97.0 Å². The first-order chi connectivity index (χ1) is 35.2. The molecule has 0 radical (unpaired) electrons. The molecule has 0 saturated carbocycles. The van der Waals surface area contributed by atoms with E-state index in [1.54, 1.807) is 103 Å². The van der Waals surface area contributed by atoms with Crippen LogP contribution in [-0.2, 0) is 42.7 Å². The van der Waals surface area contributed by atoms with Crippen molar-refractivity contribution < 1.29 is 72.7 Å². The van der Waals surface area contributed by atoms with Crippen LogP contribution in [0.15, 0.2) is 42.6 Å². The van der Waals surface area contributed by atoms with Gasteiger partial charge in [-0.1, -0.05) is 52.0 Å². The molecule has 420 valence electrons. The van der Waals surface area contributed by atoms with Crippen molar-refractivity contribution in [1.82, 2.24) is 15.2 Å². The van der Waals surface area contributed by atoms with Crippen molar-refractivity contribution in [1.29, 1.82) is 10.7 Å². The van der Waals surface area contributed by atoms with Crippen LogP contribution >= 0.6 is 0 Å². The van der Waals surface area contributed by atoms with E-state index in [2.05, 4.69) is 10.3 Å². The fourth-order valence-corrected chi connectivity index (χ4v) is 11.2. The number of ether oxygens (including phenoxy) is 7. The zero-order valence-electron chi connectivity index (χ0n) is 45.9. The molecule has 1 aromatic heterocycles. The van der Waals surface area contributed by atoms with Gasteiger partial charge in [0.25, 0.3) is 0 Å². The maximum Gasteiger partial charge on any atom is 0.311 e. The van der Waals surface area contributed by atoms with Crippen LogP contribution in [0.25, 0.3) is 11.1 Å². The number of hydrogen-bond acceptors (Lipinski definition) is 18. The van der Waals surface area contributed by atoms with Gasteiger partial charge in [-0.15, -0.1) is 0 Å². The highest BCUT2D eigenvalue weighted by atomic mass is 19.1. The Balaban J connectivity index is 1.41. The number of likely N-dealkylation sites (N-methyl/N-ethyl adjacent to an activating group) is 1. The molecule has 3 aliphatic heterocycles. The maximum absolute atomic E-state index is 14.5. The summed E-state index contributed by atoms with van der Waals surface area (Å²) < 4.78 is 59.1. The highest BCUT2D eigenvalue weighted by Crippen LogP contribution is 2.42. The number of cyclic esters (lactones) is 1. The number of pyridine rings is 1. The Morgan fingerprint density at radius 2 is 1.60 bits per heavy atom. The smallest absolute Gasteiger partial charge is 0.311 e. The third kappa shape index (κ3) is 14.2. The van der Waals surface area contributed by atoms with Crippen molar-refractivity contribution >= 4 is 17.6 Å². The van der Waals surface area contributed by atoms with E-state index < -0.39 is 139 Å². The molecule has 5 rings (SSSR count). The van der Waals surface area contributed by atoms with Crippen LogP contribution < -0.4 is 5.32 Å². The molecule has 1 aromatic carbocycles. The summed E-state index contributed by atoms with van der Waals surface area (Å²) in [6.07, 6.45) is -10.1. The number of aliphatic hydroxyl groups is 5. The molecule has 7 N–H and O–H groups in total. The summed E-state index contributed by atoms with van der Waals surface area (Å²) in [5, 5.41) is 79.1. The Kier molecular flexibility index (Phi) is 21.5. The van der Waals surface area contributed by atoms with Crippen molar-refractivity contribution in [3.8, 4) is 17.2 Å². The summed E-state index contributed by atoms with van der Waals surface area (Å²) in [7, 11) is 4.71. The average molecular weight is 1060 g/mol. The third-order valence-electron chi connectivity index (χ3n) is 16.3. The zero-order valence-corrected chi connectivity index (χ0v) is 45.9. The molecule has 1 amide bonds. The molecule has 3 saturated heterocycles. The number of rotatable bonds is 16. The fraction of sp³-hybridized carbons (Fsp3) is 0.727. The minimum atomic E-state index is -1.96. The van der Waals surface area contributed by atoms with E-state index in [9.17, 15) is 44.9 Å². The molecule has 2 aromatic rings. The molecule has 0 aliphatic carbocycles. The number of nitrogens with one attached hydrogen (secondary N) is 2. The molecule has 19 nitrogen and oxygen atoms in total. The molecular formula is C55H84FN5O14. The molecule has 75 heavy (non-hydrogen) atoms. The normalized spacial score (nSPS) is 38.2. The molecule has 0 unspecified atom stereocenters. The number of methoxy groups -OCH3 is 2. The largest absolute Gasteiger partial charge is 0.459 e. The Morgan fingerprint density at radius 1 is 0.960 bits per heavy atom. The molecule has 3 fully saturated rings. The maximum atomic E-state index is 14.5. The summed E-state index contributed by atoms with van der Waals surface area (Å²) in [4.78, 5) is 33.8. The Hall–Kier alpha value is -4.08. The van der Waals surface area contributed by atoms with Gasteiger partial charge in [0.05, 0.1) is 53.7 Å². The van der Waals surface area contributed by atoms with Gasteiger partial charge in [-0.2, -0.15) is 5.26 Å². The lowest BCUT2D eigenvalue weighted by Crippen LogP contribution is -2.61. The number of benzene rings is 1. The van der Waals surface area contributed by atoms with Crippen molar-refractivity contribution in [3.05, 3.63) is 53.9 Å². The number of amides is 1. The minimum Gasteiger partial charge on any atom is -0.459 e. The highest BCUT2D eigenvalue weighted by Gasteiger charge is 2.54.